The van der Waals surface area contributed by atoms with Crippen LogP contribution in [0.25, 0.3) is 0 Å². The number of aromatic nitrogens is 2. The quantitative estimate of drug-likeness (QED) is 0.598. The van der Waals surface area contributed by atoms with E-state index < -0.39 is 0 Å². The monoisotopic (exact) mass is 420 g/mol. The average Bonchev–Trinajstić information content (AvgIpc) is 3.19. The van der Waals surface area contributed by atoms with Crippen LogP contribution in [0.5, 0.6) is 5.75 Å². The van der Waals surface area contributed by atoms with Crippen LogP contribution in [-0.4, -0.2) is 40.6 Å². The van der Waals surface area contributed by atoms with Crippen LogP contribution in [-0.2, 0) is 19.6 Å². The molecule has 0 radical (unpaired) electrons. The summed E-state index contributed by atoms with van der Waals surface area (Å²) >= 11 is 0. The molecule has 0 bridgehead atoms. The van der Waals surface area contributed by atoms with E-state index in [1.54, 1.807) is 30.9 Å². The van der Waals surface area contributed by atoms with Gasteiger partial charge in [-0.05, 0) is 48.7 Å². The van der Waals surface area contributed by atoms with E-state index >= 15 is 0 Å². The molecule has 1 aromatic heterocycles. The van der Waals surface area contributed by atoms with E-state index in [0.717, 1.165) is 17.7 Å². The third-order valence-electron chi connectivity index (χ3n) is 4.92. The highest BCUT2D eigenvalue weighted by Gasteiger charge is 2.21. The summed E-state index contributed by atoms with van der Waals surface area (Å²) in [5.74, 6) is 0.259. The second kappa shape index (κ2) is 9.93. The van der Waals surface area contributed by atoms with Crippen LogP contribution < -0.4 is 10.1 Å². The predicted octanol–water partition coefficient (Wildman–Crippen LogP) is 4.00. The third-order valence-corrected chi connectivity index (χ3v) is 4.92. The topological polar surface area (TPSA) is 76.5 Å². The smallest absolute Gasteiger partial charge is 0.273 e. The minimum Gasteiger partial charge on any atom is -0.489 e. The van der Waals surface area contributed by atoms with Gasteiger partial charge in [0, 0.05) is 26.2 Å². The summed E-state index contributed by atoms with van der Waals surface area (Å²) < 4.78 is 7.42. The van der Waals surface area contributed by atoms with Crippen LogP contribution in [0.1, 0.15) is 45.8 Å². The van der Waals surface area contributed by atoms with E-state index in [1.807, 2.05) is 43.3 Å². The standard InChI is InChI=1S/C24H28N4O3/c1-5-17-10-12-20(13-11-17)31-16-18-8-7-9-19(14-18)23(29)26-21-15-25-28(6-2)22(21)24(30)27(3)4/h7-15H,5-6,16H2,1-4H3,(H,26,29). The number of amides is 2. The summed E-state index contributed by atoms with van der Waals surface area (Å²) in [5, 5.41) is 7.03. The summed E-state index contributed by atoms with van der Waals surface area (Å²) in [5.41, 5.74) is 3.36. The zero-order valence-corrected chi connectivity index (χ0v) is 18.4. The molecule has 0 fully saturated rings. The minimum atomic E-state index is -0.308. The van der Waals surface area contributed by atoms with Gasteiger partial charge in [-0.15, -0.1) is 0 Å². The van der Waals surface area contributed by atoms with Gasteiger partial charge in [-0.3, -0.25) is 14.3 Å². The Morgan fingerprint density at radius 1 is 1.06 bits per heavy atom. The van der Waals surface area contributed by atoms with Gasteiger partial charge in [0.25, 0.3) is 11.8 Å². The summed E-state index contributed by atoms with van der Waals surface area (Å²) in [6, 6.07) is 15.2. The lowest BCUT2D eigenvalue weighted by atomic mass is 10.1. The molecule has 1 N–H and O–H groups in total. The summed E-state index contributed by atoms with van der Waals surface area (Å²) in [6.07, 6.45) is 2.49. The van der Waals surface area contributed by atoms with Crippen molar-refractivity contribution < 1.29 is 14.3 Å². The van der Waals surface area contributed by atoms with Crippen molar-refractivity contribution in [1.82, 2.24) is 14.7 Å². The van der Waals surface area contributed by atoms with Crippen molar-refractivity contribution in [3.8, 4) is 5.75 Å². The van der Waals surface area contributed by atoms with Gasteiger partial charge >= 0.3 is 0 Å². The number of carbonyl (C=O) groups is 2. The molecule has 2 aromatic carbocycles. The number of aryl methyl sites for hydroxylation is 2. The Morgan fingerprint density at radius 2 is 1.81 bits per heavy atom. The van der Waals surface area contributed by atoms with E-state index in [9.17, 15) is 9.59 Å². The molecule has 0 aliphatic heterocycles. The lowest BCUT2D eigenvalue weighted by Gasteiger charge is -2.14. The van der Waals surface area contributed by atoms with Crippen molar-refractivity contribution in [2.75, 3.05) is 19.4 Å². The highest BCUT2D eigenvalue weighted by molar-refractivity contribution is 6.08. The first-order valence-electron chi connectivity index (χ1n) is 10.3. The fourth-order valence-corrected chi connectivity index (χ4v) is 3.14. The highest BCUT2D eigenvalue weighted by atomic mass is 16.5. The van der Waals surface area contributed by atoms with E-state index in [1.165, 1.54) is 16.7 Å². The molecule has 1 heterocycles. The number of anilines is 1. The molecule has 0 spiro atoms. The number of carbonyl (C=O) groups excluding carboxylic acids is 2. The number of ether oxygens (including phenoxy) is 1. The molecule has 0 aliphatic rings. The minimum absolute atomic E-state index is 0.217. The molecule has 0 saturated carbocycles. The summed E-state index contributed by atoms with van der Waals surface area (Å²) in [4.78, 5) is 26.8. The van der Waals surface area contributed by atoms with E-state index in [2.05, 4.69) is 17.3 Å². The van der Waals surface area contributed by atoms with Crippen molar-refractivity contribution in [2.45, 2.75) is 33.4 Å². The highest BCUT2D eigenvalue weighted by Crippen LogP contribution is 2.19. The summed E-state index contributed by atoms with van der Waals surface area (Å²) in [7, 11) is 3.33. The Bertz CT molecular complexity index is 1050. The number of nitrogens with one attached hydrogen (secondary N) is 1. The molecular formula is C24H28N4O3. The van der Waals surface area contributed by atoms with Gasteiger partial charge in [-0.2, -0.15) is 5.10 Å². The maximum atomic E-state index is 12.8. The van der Waals surface area contributed by atoms with E-state index in [0.29, 0.717) is 30.1 Å². The Hall–Kier alpha value is -3.61. The van der Waals surface area contributed by atoms with Crippen LogP contribution in [0, 0.1) is 0 Å². The van der Waals surface area contributed by atoms with Gasteiger partial charge in [0.1, 0.15) is 18.1 Å². The van der Waals surface area contributed by atoms with Crippen LogP contribution in [0.4, 0.5) is 5.69 Å². The molecule has 31 heavy (non-hydrogen) atoms. The third kappa shape index (κ3) is 5.31. The van der Waals surface area contributed by atoms with Crippen LogP contribution in [0.2, 0.25) is 0 Å². The Labute approximate surface area is 182 Å². The normalized spacial score (nSPS) is 10.6. The van der Waals surface area contributed by atoms with Crippen molar-refractivity contribution >= 4 is 17.5 Å². The number of rotatable bonds is 8. The van der Waals surface area contributed by atoms with Gasteiger partial charge in [-0.1, -0.05) is 31.2 Å². The maximum Gasteiger partial charge on any atom is 0.273 e. The number of nitrogens with zero attached hydrogens (tertiary/aromatic N) is 3. The Morgan fingerprint density at radius 3 is 2.45 bits per heavy atom. The number of hydrogen-bond acceptors (Lipinski definition) is 4. The zero-order valence-electron chi connectivity index (χ0n) is 18.4. The lowest BCUT2D eigenvalue weighted by molar-refractivity contribution is 0.0816. The van der Waals surface area contributed by atoms with E-state index in [4.69, 9.17) is 4.74 Å². The van der Waals surface area contributed by atoms with Gasteiger partial charge in [0.15, 0.2) is 0 Å². The number of benzene rings is 2. The zero-order chi connectivity index (χ0) is 22.4. The summed E-state index contributed by atoms with van der Waals surface area (Å²) in [6.45, 7) is 4.88. The molecule has 0 aliphatic carbocycles. The van der Waals surface area contributed by atoms with Crippen molar-refractivity contribution in [1.29, 1.82) is 0 Å². The molecule has 2 amide bonds. The Balaban J connectivity index is 1.72. The van der Waals surface area contributed by atoms with Crippen molar-refractivity contribution in [3.63, 3.8) is 0 Å². The fraction of sp³-hybridized carbons (Fsp3) is 0.292. The molecule has 7 heteroatoms. The molecule has 3 rings (SSSR count). The lowest BCUT2D eigenvalue weighted by Crippen LogP contribution is -2.26. The van der Waals surface area contributed by atoms with Crippen LogP contribution in [0.3, 0.4) is 0 Å². The first kappa shape index (κ1) is 22.1. The van der Waals surface area contributed by atoms with Gasteiger partial charge in [-0.25, -0.2) is 0 Å². The molecule has 0 unspecified atom stereocenters. The van der Waals surface area contributed by atoms with Gasteiger partial charge < -0.3 is 15.0 Å². The Kier molecular flexibility index (Phi) is 7.07. The first-order valence-corrected chi connectivity index (χ1v) is 10.3. The molecular weight excluding hydrogens is 392 g/mol. The molecule has 0 saturated heterocycles. The molecule has 3 aromatic rings. The van der Waals surface area contributed by atoms with E-state index in [-0.39, 0.29) is 11.8 Å². The fourth-order valence-electron chi connectivity index (χ4n) is 3.14. The molecule has 0 atom stereocenters. The molecule has 7 nitrogen and oxygen atoms in total. The molecule has 162 valence electrons. The van der Waals surface area contributed by atoms with Crippen LogP contribution in [0.15, 0.2) is 54.7 Å². The van der Waals surface area contributed by atoms with Gasteiger partial charge in [0.05, 0.1) is 11.9 Å². The second-order valence-corrected chi connectivity index (χ2v) is 7.36. The van der Waals surface area contributed by atoms with Gasteiger partial charge in [0.2, 0.25) is 0 Å². The van der Waals surface area contributed by atoms with Crippen LogP contribution >= 0.6 is 0 Å². The largest absolute Gasteiger partial charge is 0.489 e. The predicted molar refractivity (Wildman–Crippen MR) is 120 cm³/mol. The average molecular weight is 421 g/mol. The first-order chi connectivity index (χ1) is 14.9. The van der Waals surface area contributed by atoms with Crippen molar-refractivity contribution in [3.05, 3.63) is 77.1 Å². The number of hydrogen-bond donors (Lipinski definition) is 1. The maximum absolute atomic E-state index is 12.8. The van der Waals surface area contributed by atoms with Crippen molar-refractivity contribution in [2.24, 2.45) is 0 Å². The second-order valence-electron chi connectivity index (χ2n) is 7.36. The SMILES string of the molecule is CCc1ccc(OCc2cccc(C(=O)Nc3cnn(CC)c3C(=O)N(C)C)c2)cc1.